The third-order valence-electron chi connectivity index (χ3n) is 3.12. The van der Waals surface area contributed by atoms with E-state index in [4.69, 9.17) is 0 Å². The van der Waals surface area contributed by atoms with E-state index in [1.54, 1.807) is 6.07 Å². The van der Waals surface area contributed by atoms with Crippen LogP contribution in [0.3, 0.4) is 0 Å². The summed E-state index contributed by atoms with van der Waals surface area (Å²) in [6, 6.07) is 5.43. The van der Waals surface area contributed by atoms with Crippen molar-refractivity contribution in [2.45, 2.75) is 40.2 Å². The third-order valence-corrected chi connectivity index (χ3v) is 3.12. The quantitative estimate of drug-likeness (QED) is 0.829. The summed E-state index contributed by atoms with van der Waals surface area (Å²) < 4.78 is 13.0. The van der Waals surface area contributed by atoms with Gasteiger partial charge >= 0.3 is 0 Å². The van der Waals surface area contributed by atoms with Crippen LogP contribution in [0.1, 0.15) is 31.9 Å². The van der Waals surface area contributed by atoms with Crippen LogP contribution in [0.4, 0.5) is 4.39 Å². The summed E-state index contributed by atoms with van der Waals surface area (Å²) in [6.07, 6.45) is 0.937. The van der Waals surface area contributed by atoms with Crippen molar-refractivity contribution in [3.8, 4) is 0 Å². The summed E-state index contributed by atoms with van der Waals surface area (Å²) in [7, 11) is 1.98. The highest BCUT2D eigenvalue weighted by Gasteiger charge is 2.23. The van der Waals surface area contributed by atoms with Crippen LogP contribution < -0.4 is 5.32 Å². The number of rotatable bonds is 3. The molecule has 1 atom stereocenters. The van der Waals surface area contributed by atoms with E-state index < -0.39 is 0 Å². The van der Waals surface area contributed by atoms with Gasteiger partial charge in [0.1, 0.15) is 5.82 Å². The summed E-state index contributed by atoms with van der Waals surface area (Å²) in [5.74, 6) is -0.155. The zero-order valence-corrected chi connectivity index (χ0v) is 10.9. The fourth-order valence-electron chi connectivity index (χ4n) is 1.95. The van der Waals surface area contributed by atoms with E-state index in [0.717, 1.165) is 12.0 Å². The topological polar surface area (TPSA) is 12.0 Å². The van der Waals surface area contributed by atoms with E-state index in [9.17, 15) is 4.39 Å². The highest BCUT2D eigenvalue weighted by Crippen LogP contribution is 2.23. The van der Waals surface area contributed by atoms with Crippen LogP contribution in [0.5, 0.6) is 0 Å². The molecule has 2 heteroatoms. The molecule has 1 unspecified atom stereocenters. The summed E-state index contributed by atoms with van der Waals surface area (Å²) in [4.78, 5) is 0. The highest BCUT2D eigenvalue weighted by molar-refractivity contribution is 5.27. The zero-order valence-electron chi connectivity index (χ0n) is 10.9. The molecule has 1 rings (SSSR count). The number of hydrogen-bond donors (Lipinski definition) is 1. The molecule has 1 nitrogen and oxygen atoms in total. The van der Waals surface area contributed by atoms with Crippen LogP contribution in [0.2, 0.25) is 0 Å². The van der Waals surface area contributed by atoms with Gasteiger partial charge in [-0.25, -0.2) is 4.39 Å². The number of halogens is 1. The Morgan fingerprint density at radius 1 is 1.31 bits per heavy atom. The number of hydrogen-bond acceptors (Lipinski definition) is 1. The van der Waals surface area contributed by atoms with Crippen LogP contribution in [-0.4, -0.2) is 13.1 Å². The van der Waals surface area contributed by atoms with E-state index in [1.165, 1.54) is 11.6 Å². The molecular formula is C14H22FN. The number of nitrogens with one attached hydrogen (secondary N) is 1. The molecular weight excluding hydrogens is 201 g/mol. The SMILES string of the molecule is CNC(Cc1ccc(F)cc1C)C(C)(C)C. The molecule has 0 radical (unpaired) electrons. The molecule has 90 valence electrons. The van der Waals surface area contributed by atoms with Crippen molar-refractivity contribution in [2.75, 3.05) is 7.05 Å². The molecule has 0 aromatic heterocycles. The molecule has 0 saturated heterocycles. The molecule has 0 aliphatic heterocycles. The maximum Gasteiger partial charge on any atom is 0.123 e. The number of aryl methyl sites for hydroxylation is 1. The van der Waals surface area contributed by atoms with Crippen molar-refractivity contribution in [2.24, 2.45) is 5.41 Å². The molecule has 1 aromatic rings. The summed E-state index contributed by atoms with van der Waals surface area (Å²) >= 11 is 0. The van der Waals surface area contributed by atoms with E-state index in [-0.39, 0.29) is 11.2 Å². The van der Waals surface area contributed by atoms with Crippen molar-refractivity contribution in [1.29, 1.82) is 0 Å². The smallest absolute Gasteiger partial charge is 0.123 e. The van der Waals surface area contributed by atoms with Crippen LogP contribution in [0.25, 0.3) is 0 Å². The van der Waals surface area contributed by atoms with Gasteiger partial charge in [0.25, 0.3) is 0 Å². The minimum absolute atomic E-state index is 0.155. The first-order valence-corrected chi connectivity index (χ1v) is 5.77. The molecule has 0 spiro atoms. The van der Waals surface area contributed by atoms with Crippen molar-refractivity contribution < 1.29 is 4.39 Å². The minimum atomic E-state index is -0.155. The van der Waals surface area contributed by atoms with Gasteiger partial charge in [-0.3, -0.25) is 0 Å². The summed E-state index contributed by atoms with van der Waals surface area (Å²) in [6.45, 7) is 8.61. The lowest BCUT2D eigenvalue weighted by Crippen LogP contribution is -2.39. The van der Waals surface area contributed by atoms with Crippen LogP contribution in [0, 0.1) is 18.2 Å². The Kier molecular flexibility index (Phi) is 4.09. The van der Waals surface area contributed by atoms with Crippen LogP contribution >= 0.6 is 0 Å². The number of likely N-dealkylation sites (N-methyl/N-ethyl adjacent to an activating group) is 1. The monoisotopic (exact) mass is 223 g/mol. The summed E-state index contributed by atoms with van der Waals surface area (Å²) in [5, 5.41) is 3.34. The molecule has 16 heavy (non-hydrogen) atoms. The van der Waals surface area contributed by atoms with Gasteiger partial charge < -0.3 is 5.32 Å². The van der Waals surface area contributed by atoms with E-state index in [1.807, 2.05) is 20.0 Å². The number of benzene rings is 1. The predicted octanol–water partition coefficient (Wildman–Crippen LogP) is 3.31. The largest absolute Gasteiger partial charge is 0.316 e. The first-order chi connectivity index (χ1) is 7.34. The van der Waals surface area contributed by atoms with Gasteiger partial charge in [0.2, 0.25) is 0 Å². The second-order valence-electron chi connectivity index (χ2n) is 5.48. The lowest BCUT2D eigenvalue weighted by molar-refractivity contribution is 0.279. The highest BCUT2D eigenvalue weighted by atomic mass is 19.1. The molecule has 0 heterocycles. The van der Waals surface area contributed by atoms with Crippen molar-refractivity contribution in [3.05, 3.63) is 35.1 Å². The molecule has 0 saturated carbocycles. The first kappa shape index (κ1) is 13.2. The molecule has 1 N–H and O–H groups in total. The van der Waals surface area contributed by atoms with E-state index >= 15 is 0 Å². The maximum absolute atomic E-state index is 13.0. The van der Waals surface area contributed by atoms with E-state index in [2.05, 4.69) is 26.1 Å². The standard InChI is InChI=1S/C14H22FN/c1-10-8-12(15)7-6-11(10)9-13(16-5)14(2,3)4/h6-8,13,16H,9H2,1-5H3. The third kappa shape index (κ3) is 3.31. The second kappa shape index (κ2) is 4.96. The Balaban J connectivity index is 2.86. The Morgan fingerprint density at radius 3 is 2.38 bits per heavy atom. The minimum Gasteiger partial charge on any atom is -0.316 e. The van der Waals surface area contributed by atoms with Gasteiger partial charge in [-0.2, -0.15) is 0 Å². The van der Waals surface area contributed by atoms with Gasteiger partial charge in [0.05, 0.1) is 0 Å². The van der Waals surface area contributed by atoms with Gasteiger partial charge in [0.15, 0.2) is 0 Å². The molecule has 0 fully saturated rings. The lowest BCUT2D eigenvalue weighted by atomic mass is 9.82. The molecule has 0 aliphatic carbocycles. The molecule has 1 aromatic carbocycles. The molecule has 0 amide bonds. The fraction of sp³-hybridized carbons (Fsp3) is 0.571. The Bertz CT molecular complexity index is 352. The van der Waals surface area contributed by atoms with Crippen LogP contribution in [0.15, 0.2) is 18.2 Å². The van der Waals surface area contributed by atoms with Gasteiger partial charge in [-0.1, -0.05) is 26.8 Å². The lowest BCUT2D eigenvalue weighted by Gasteiger charge is -2.31. The van der Waals surface area contributed by atoms with Crippen molar-refractivity contribution in [1.82, 2.24) is 5.32 Å². The fourth-order valence-corrected chi connectivity index (χ4v) is 1.95. The van der Waals surface area contributed by atoms with Crippen molar-refractivity contribution >= 4 is 0 Å². The molecule has 0 bridgehead atoms. The average molecular weight is 223 g/mol. The van der Waals surface area contributed by atoms with Gasteiger partial charge in [-0.15, -0.1) is 0 Å². The van der Waals surface area contributed by atoms with Gasteiger partial charge in [-0.05, 0) is 49.1 Å². The van der Waals surface area contributed by atoms with E-state index in [0.29, 0.717) is 6.04 Å². The van der Waals surface area contributed by atoms with Crippen molar-refractivity contribution in [3.63, 3.8) is 0 Å². The predicted molar refractivity (Wildman–Crippen MR) is 67.1 cm³/mol. The van der Waals surface area contributed by atoms with Crippen LogP contribution in [-0.2, 0) is 6.42 Å². The zero-order chi connectivity index (χ0) is 12.3. The second-order valence-corrected chi connectivity index (χ2v) is 5.48. The Morgan fingerprint density at radius 2 is 1.94 bits per heavy atom. The normalized spacial score (nSPS) is 13.9. The average Bonchev–Trinajstić information content (AvgIpc) is 2.14. The van der Waals surface area contributed by atoms with Gasteiger partial charge in [0, 0.05) is 6.04 Å². The first-order valence-electron chi connectivity index (χ1n) is 5.77. The maximum atomic E-state index is 13.0. The Hall–Kier alpha value is -0.890. The summed E-state index contributed by atoms with van der Waals surface area (Å²) in [5.41, 5.74) is 2.45. The molecule has 0 aliphatic rings. The Labute approximate surface area is 98.1 Å².